The number of carbonyl (C=O) groups excluding carboxylic acids is 1. The largest absolute Gasteiger partial charge is 0.338 e. The zero-order valence-corrected chi connectivity index (χ0v) is 15.7. The fraction of sp³-hybridized carbons (Fsp3) is 0.450. The van der Waals surface area contributed by atoms with E-state index in [1.54, 1.807) is 6.20 Å². The molecule has 1 saturated carbocycles. The number of carbonyl (C=O) groups is 1. The summed E-state index contributed by atoms with van der Waals surface area (Å²) < 4.78 is 4.07. The predicted octanol–water partition coefficient (Wildman–Crippen LogP) is 3.64. The van der Waals surface area contributed by atoms with Crippen LogP contribution < -0.4 is 10.6 Å². The summed E-state index contributed by atoms with van der Waals surface area (Å²) in [7, 11) is 2.04. The van der Waals surface area contributed by atoms with E-state index in [9.17, 15) is 4.79 Å². The van der Waals surface area contributed by atoms with Gasteiger partial charge in [0, 0.05) is 26.1 Å². The number of aryl methyl sites for hydroxylation is 2. The highest BCUT2D eigenvalue weighted by Crippen LogP contribution is 2.31. The van der Waals surface area contributed by atoms with E-state index in [0.717, 1.165) is 48.4 Å². The Balaban J connectivity index is 1.26. The van der Waals surface area contributed by atoms with Gasteiger partial charge in [0.05, 0.1) is 23.3 Å². The van der Waals surface area contributed by atoms with Crippen LogP contribution in [0.25, 0.3) is 11.0 Å². The molecule has 0 atom stereocenters. The SMILES string of the molecule is Cn1c(CCCNC(=O)Nc2ccnn2C2CCCC2)nc2ccccc21. The number of amides is 2. The Morgan fingerprint density at radius 1 is 1.22 bits per heavy atom. The molecule has 1 aliphatic rings. The fourth-order valence-electron chi connectivity index (χ4n) is 3.88. The van der Waals surface area contributed by atoms with E-state index in [0.29, 0.717) is 12.6 Å². The third-order valence-electron chi connectivity index (χ3n) is 5.32. The quantitative estimate of drug-likeness (QED) is 0.654. The summed E-state index contributed by atoms with van der Waals surface area (Å²) in [5.74, 6) is 1.81. The van der Waals surface area contributed by atoms with Crippen molar-refractivity contribution in [1.29, 1.82) is 0 Å². The molecule has 3 aromatic rings. The van der Waals surface area contributed by atoms with Crippen LogP contribution in [0.15, 0.2) is 36.5 Å². The summed E-state index contributed by atoms with van der Waals surface area (Å²) in [6, 6.07) is 10.2. The molecule has 2 N–H and O–H groups in total. The lowest BCUT2D eigenvalue weighted by Gasteiger charge is -2.15. The summed E-state index contributed by atoms with van der Waals surface area (Å²) >= 11 is 0. The maximum Gasteiger partial charge on any atom is 0.320 e. The molecule has 2 heterocycles. The summed E-state index contributed by atoms with van der Waals surface area (Å²) in [5.41, 5.74) is 2.15. The van der Waals surface area contributed by atoms with Gasteiger partial charge in [-0.05, 0) is 31.4 Å². The van der Waals surface area contributed by atoms with E-state index < -0.39 is 0 Å². The van der Waals surface area contributed by atoms with Gasteiger partial charge >= 0.3 is 6.03 Å². The number of nitrogens with one attached hydrogen (secondary N) is 2. The van der Waals surface area contributed by atoms with Crippen molar-refractivity contribution in [3.8, 4) is 0 Å². The number of fused-ring (bicyclic) bond motifs is 1. The zero-order chi connectivity index (χ0) is 18.6. The third kappa shape index (κ3) is 3.82. The van der Waals surface area contributed by atoms with Crippen LogP contribution in [0.1, 0.15) is 44.0 Å². The highest BCUT2D eigenvalue weighted by Gasteiger charge is 2.20. The first-order valence-electron chi connectivity index (χ1n) is 9.71. The number of nitrogens with zero attached hydrogens (tertiary/aromatic N) is 4. The second kappa shape index (κ2) is 7.82. The topological polar surface area (TPSA) is 76.8 Å². The second-order valence-corrected chi connectivity index (χ2v) is 7.16. The Kier molecular flexibility index (Phi) is 5.09. The van der Waals surface area contributed by atoms with Gasteiger partial charge in [0.1, 0.15) is 11.6 Å². The minimum Gasteiger partial charge on any atom is -0.338 e. The lowest BCUT2D eigenvalue weighted by Crippen LogP contribution is -2.31. The minimum atomic E-state index is -0.181. The Bertz CT molecular complexity index is 922. The summed E-state index contributed by atoms with van der Waals surface area (Å²) in [5, 5.41) is 10.2. The average molecular weight is 366 g/mol. The lowest BCUT2D eigenvalue weighted by atomic mass is 10.2. The molecular weight excluding hydrogens is 340 g/mol. The molecule has 0 unspecified atom stereocenters. The van der Waals surface area contributed by atoms with Crippen molar-refractivity contribution in [3.05, 3.63) is 42.4 Å². The Hall–Kier alpha value is -2.83. The van der Waals surface area contributed by atoms with Gasteiger partial charge in [-0.25, -0.2) is 14.5 Å². The Morgan fingerprint density at radius 3 is 2.85 bits per heavy atom. The molecular formula is C20H26N6O. The van der Waals surface area contributed by atoms with Crippen molar-refractivity contribution in [2.75, 3.05) is 11.9 Å². The standard InChI is InChI=1S/C20H26N6O/c1-25-17-10-5-4-9-16(17)23-18(25)11-6-13-21-20(27)24-19-12-14-22-26(19)15-7-2-3-8-15/h4-5,9-10,12,14-15H,2-3,6-8,11,13H2,1H3,(H2,21,24,27). The van der Waals surface area contributed by atoms with Crippen molar-refractivity contribution in [2.24, 2.45) is 7.05 Å². The molecule has 142 valence electrons. The molecule has 1 aliphatic carbocycles. The van der Waals surface area contributed by atoms with Gasteiger partial charge in [-0.1, -0.05) is 25.0 Å². The summed E-state index contributed by atoms with van der Waals surface area (Å²) in [4.78, 5) is 16.9. The van der Waals surface area contributed by atoms with Crippen molar-refractivity contribution < 1.29 is 4.79 Å². The maximum absolute atomic E-state index is 12.2. The minimum absolute atomic E-state index is 0.181. The molecule has 1 aromatic carbocycles. The van der Waals surface area contributed by atoms with E-state index in [4.69, 9.17) is 0 Å². The highest BCUT2D eigenvalue weighted by atomic mass is 16.2. The van der Waals surface area contributed by atoms with Gasteiger partial charge in [0.2, 0.25) is 0 Å². The average Bonchev–Trinajstić information content (AvgIpc) is 3.40. The van der Waals surface area contributed by atoms with Gasteiger partial charge in [-0.15, -0.1) is 0 Å². The van der Waals surface area contributed by atoms with Gasteiger partial charge in [0.25, 0.3) is 0 Å². The normalized spacial score (nSPS) is 14.7. The first kappa shape index (κ1) is 17.6. The molecule has 0 bridgehead atoms. The van der Waals surface area contributed by atoms with Gasteiger partial charge in [-0.3, -0.25) is 5.32 Å². The van der Waals surface area contributed by atoms with Crippen LogP contribution in [0, 0.1) is 0 Å². The van der Waals surface area contributed by atoms with Crippen molar-refractivity contribution in [3.63, 3.8) is 0 Å². The van der Waals surface area contributed by atoms with E-state index >= 15 is 0 Å². The Morgan fingerprint density at radius 2 is 2.04 bits per heavy atom. The molecule has 4 rings (SSSR count). The predicted molar refractivity (Wildman–Crippen MR) is 106 cm³/mol. The van der Waals surface area contributed by atoms with Crippen molar-refractivity contribution in [1.82, 2.24) is 24.6 Å². The second-order valence-electron chi connectivity index (χ2n) is 7.16. The Labute approximate surface area is 158 Å². The van der Waals surface area contributed by atoms with Crippen molar-refractivity contribution >= 4 is 22.9 Å². The molecule has 27 heavy (non-hydrogen) atoms. The van der Waals surface area contributed by atoms with E-state index in [-0.39, 0.29) is 6.03 Å². The van der Waals surface area contributed by atoms with E-state index in [2.05, 4.69) is 31.3 Å². The van der Waals surface area contributed by atoms with Gasteiger partial charge in [0.15, 0.2) is 0 Å². The highest BCUT2D eigenvalue weighted by molar-refractivity contribution is 5.88. The first-order valence-corrected chi connectivity index (χ1v) is 9.71. The summed E-state index contributed by atoms with van der Waals surface area (Å²) in [6.45, 7) is 0.604. The van der Waals surface area contributed by atoms with E-state index in [1.165, 1.54) is 12.8 Å². The number of imidazole rings is 1. The fourth-order valence-corrected chi connectivity index (χ4v) is 3.88. The molecule has 0 aliphatic heterocycles. The number of urea groups is 1. The molecule has 1 fully saturated rings. The number of hydrogen-bond donors (Lipinski definition) is 2. The number of aromatic nitrogens is 4. The summed E-state index contributed by atoms with van der Waals surface area (Å²) in [6.07, 6.45) is 8.15. The van der Waals surface area contributed by atoms with Crippen LogP contribution in [-0.2, 0) is 13.5 Å². The zero-order valence-electron chi connectivity index (χ0n) is 15.7. The van der Waals surface area contributed by atoms with Crippen LogP contribution >= 0.6 is 0 Å². The number of rotatable bonds is 6. The maximum atomic E-state index is 12.2. The van der Waals surface area contributed by atoms with E-state index in [1.807, 2.05) is 36.0 Å². The molecule has 0 radical (unpaired) electrons. The van der Waals surface area contributed by atoms with Gasteiger partial charge in [-0.2, -0.15) is 5.10 Å². The van der Waals surface area contributed by atoms with Crippen LogP contribution in [-0.4, -0.2) is 31.9 Å². The smallest absolute Gasteiger partial charge is 0.320 e. The van der Waals surface area contributed by atoms with Crippen LogP contribution in [0.3, 0.4) is 0 Å². The number of hydrogen-bond acceptors (Lipinski definition) is 3. The molecule has 2 amide bonds. The van der Waals surface area contributed by atoms with Crippen LogP contribution in [0.4, 0.5) is 10.6 Å². The molecule has 7 nitrogen and oxygen atoms in total. The lowest BCUT2D eigenvalue weighted by molar-refractivity contribution is 0.251. The third-order valence-corrected chi connectivity index (χ3v) is 5.32. The van der Waals surface area contributed by atoms with Crippen molar-refractivity contribution in [2.45, 2.75) is 44.6 Å². The van der Waals surface area contributed by atoms with Crippen LogP contribution in [0.2, 0.25) is 0 Å². The molecule has 0 spiro atoms. The van der Waals surface area contributed by atoms with Crippen LogP contribution in [0.5, 0.6) is 0 Å². The molecule has 0 saturated heterocycles. The first-order chi connectivity index (χ1) is 13.2. The molecule has 2 aromatic heterocycles. The number of para-hydroxylation sites is 2. The number of anilines is 1. The number of benzene rings is 1. The monoisotopic (exact) mass is 366 g/mol. The van der Waals surface area contributed by atoms with Gasteiger partial charge < -0.3 is 9.88 Å². The molecule has 7 heteroatoms.